The molecular weight excluding hydrogens is 220 g/mol. The molecule has 2 aliphatic rings. The van der Waals surface area contributed by atoms with Crippen LogP contribution in [0.2, 0.25) is 0 Å². The fraction of sp³-hybridized carbons (Fsp3) is 1.00. The molecule has 1 unspecified atom stereocenters. The van der Waals surface area contributed by atoms with Crippen molar-refractivity contribution in [2.75, 3.05) is 6.54 Å². The maximum absolute atomic E-state index is 13.1. The zero-order valence-corrected chi connectivity index (χ0v) is 10.9. The summed E-state index contributed by atoms with van der Waals surface area (Å²) in [7, 11) is 0. The summed E-state index contributed by atoms with van der Waals surface area (Å²) < 4.78 is 26.3. The molecule has 100 valence electrons. The molecule has 2 saturated carbocycles. The van der Waals surface area contributed by atoms with E-state index in [0.717, 1.165) is 12.5 Å². The Balaban J connectivity index is 1.78. The van der Waals surface area contributed by atoms with Gasteiger partial charge < -0.3 is 5.32 Å². The zero-order chi connectivity index (χ0) is 12.3. The molecule has 2 fully saturated rings. The van der Waals surface area contributed by atoms with Gasteiger partial charge in [0.1, 0.15) is 0 Å². The van der Waals surface area contributed by atoms with E-state index >= 15 is 0 Å². The van der Waals surface area contributed by atoms with Crippen molar-refractivity contribution in [3.63, 3.8) is 0 Å². The molecule has 3 heteroatoms. The molecule has 0 saturated heterocycles. The first-order valence-electron chi connectivity index (χ1n) is 7.22. The average Bonchev–Trinajstić information content (AvgIpc) is 3.08. The molecule has 0 aromatic carbocycles. The summed E-state index contributed by atoms with van der Waals surface area (Å²) in [5, 5.41) is 3.52. The Morgan fingerprint density at radius 1 is 1.18 bits per heavy atom. The van der Waals surface area contributed by atoms with Crippen LogP contribution in [0.3, 0.4) is 0 Å². The molecule has 1 atom stereocenters. The third-order valence-corrected chi connectivity index (χ3v) is 4.38. The van der Waals surface area contributed by atoms with Crippen molar-refractivity contribution in [3.05, 3.63) is 0 Å². The van der Waals surface area contributed by atoms with E-state index in [2.05, 4.69) is 12.2 Å². The van der Waals surface area contributed by atoms with Gasteiger partial charge in [0.25, 0.3) is 0 Å². The van der Waals surface area contributed by atoms with Crippen LogP contribution in [0.15, 0.2) is 0 Å². The SMILES string of the molecule is CCNC(CCC1CC1)C1CCC(F)(F)CC1. The maximum Gasteiger partial charge on any atom is 0.248 e. The van der Waals surface area contributed by atoms with E-state index in [1.54, 1.807) is 0 Å². The molecule has 0 spiro atoms. The van der Waals surface area contributed by atoms with Crippen LogP contribution >= 0.6 is 0 Å². The van der Waals surface area contributed by atoms with Crippen molar-refractivity contribution in [1.82, 2.24) is 5.32 Å². The van der Waals surface area contributed by atoms with Crippen molar-refractivity contribution in [2.24, 2.45) is 11.8 Å². The summed E-state index contributed by atoms with van der Waals surface area (Å²) in [6.45, 7) is 3.07. The van der Waals surface area contributed by atoms with Gasteiger partial charge in [-0.3, -0.25) is 0 Å². The topological polar surface area (TPSA) is 12.0 Å². The highest BCUT2D eigenvalue weighted by atomic mass is 19.3. The molecule has 0 aromatic rings. The number of hydrogen-bond donors (Lipinski definition) is 1. The number of rotatable bonds is 6. The van der Waals surface area contributed by atoms with Crippen LogP contribution in [0.25, 0.3) is 0 Å². The van der Waals surface area contributed by atoms with Crippen molar-refractivity contribution < 1.29 is 8.78 Å². The number of halogens is 2. The van der Waals surface area contributed by atoms with Gasteiger partial charge in [0.05, 0.1) is 0 Å². The average molecular weight is 245 g/mol. The number of nitrogens with one attached hydrogen (secondary N) is 1. The molecule has 2 rings (SSSR count). The van der Waals surface area contributed by atoms with Crippen LogP contribution in [0, 0.1) is 11.8 Å². The summed E-state index contributed by atoms with van der Waals surface area (Å²) in [6, 6.07) is 0.483. The fourth-order valence-electron chi connectivity index (χ4n) is 3.05. The van der Waals surface area contributed by atoms with Crippen molar-refractivity contribution >= 4 is 0 Å². The third-order valence-electron chi connectivity index (χ3n) is 4.38. The molecule has 0 heterocycles. The van der Waals surface area contributed by atoms with E-state index in [-0.39, 0.29) is 12.8 Å². The van der Waals surface area contributed by atoms with Crippen molar-refractivity contribution in [1.29, 1.82) is 0 Å². The molecule has 1 N–H and O–H groups in total. The van der Waals surface area contributed by atoms with Crippen LogP contribution in [-0.2, 0) is 0 Å². The minimum Gasteiger partial charge on any atom is -0.314 e. The normalized spacial score (nSPS) is 27.0. The van der Waals surface area contributed by atoms with E-state index in [4.69, 9.17) is 0 Å². The first-order valence-corrected chi connectivity index (χ1v) is 7.22. The van der Waals surface area contributed by atoms with Crippen LogP contribution in [0.1, 0.15) is 58.3 Å². The lowest BCUT2D eigenvalue weighted by Gasteiger charge is -2.34. The van der Waals surface area contributed by atoms with E-state index < -0.39 is 5.92 Å². The second kappa shape index (κ2) is 5.64. The summed E-state index contributed by atoms with van der Waals surface area (Å²) in [4.78, 5) is 0. The van der Waals surface area contributed by atoms with Gasteiger partial charge in [0.2, 0.25) is 5.92 Å². The summed E-state index contributed by atoms with van der Waals surface area (Å²) in [5.74, 6) is -0.960. The van der Waals surface area contributed by atoms with Crippen molar-refractivity contribution in [3.8, 4) is 0 Å². The first-order chi connectivity index (χ1) is 8.11. The summed E-state index contributed by atoms with van der Waals surface area (Å²) in [6.07, 6.45) is 6.87. The third kappa shape index (κ3) is 4.20. The lowest BCUT2D eigenvalue weighted by Crippen LogP contribution is -2.40. The van der Waals surface area contributed by atoms with Crippen molar-refractivity contribution in [2.45, 2.75) is 70.3 Å². The van der Waals surface area contributed by atoms with Gasteiger partial charge in [-0.05, 0) is 44.1 Å². The number of hydrogen-bond acceptors (Lipinski definition) is 1. The Hall–Kier alpha value is -0.180. The Bertz CT molecular complexity index is 228. The highest BCUT2D eigenvalue weighted by Gasteiger charge is 2.37. The van der Waals surface area contributed by atoms with E-state index in [9.17, 15) is 8.78 Å². The van der Waals surface area contributed by atoms with Crippen LogP contribution < -0.4 is 5.32 Å². The molecule has 0 radical (unpaired) electrons. The molecule has 1 nitrogen and oxygen atoms in total. The maximum atomic E-state index is 13.1. The first kappa shape index (κ1) is 13.3. The lowest BCUT2D eigenvalue weighted by atomic mass is 9.80. The van der Waals surface area contributed by atoms with Gasteiger partial charge in [0, 0.05) is 18.9 Å². The largest absolute Gasteiger partial charge is 0.314 e. The predicted octanol–water partition coefficient (Wildman–Crippen LogP) is 3.98. The number of alkyl halides is 2. The lowest BCUT2D eigenvalue weighted by molar-refractivity contribution is -0.0499. The van der Waals surface area contributed by atoms with Gasteiger partial charge in [-0.25, -0.2) is 8.78 Å². The Kier molecular flexibility index (Phi) is 4.40. The molecule has 0 bridgehead atoms. The highest BCUT2D eigenvalue weighted by Crippen LogP contribution is 2.40. The molecule has 17 heavy (non-hydrogen) atoms. The molecule has 0 amide bonds. The second-order valence-corrected chi connectivity index (χ2v) is 5.88. The Morgan fingerprint density at radius 2 is 1.82 bits per heavy atom. The second-order valence-electron chi connectivity index (χ2n) is 5.88. The Morgan fingerprint density at radius 3 is 2.35 bits per heavy atom. The van der Waals surface area contributed by atoms with Gasteiger partial charge in [-0.1, -0.05) is 19.8 Å². The van der Waals surface area contributed by atoms with E-state index in [1.807, 2.05) is 0 Å². The fourth-order valence-corrected chi connectivity index (χ4v) is 3.05. The smallest absolute Gasteiger partial charge is 0.248 e. The zero-order valence-electron chi connectivity index (χ0n) is 10.9. The molecular formula is C14H25F2N. The van der Waals surface area contributed by atoms with E-state index in [0.29, 0.717) is 24.8 Å². The monoisotopic (exact) mass is 245 g/mol. The van der Waals surface area contributed by atoms with Gasteiger partial charge in [-0.15, -0.1) is 0 Å². The summed E-state index contributed by atoms with van der Waals surface area (Å²) >= 11 is 0. The molecule has 0 aliphatic heterocycles. The Labute approximate surface area is 103 Å². The van der Waals surface area contributed by atoms with Gasteiger partial charge in [-0.2, -0.15) is 0 Å². The quantitative estimate of drug-likeness (QED) is 0.746. The minimum absolute atomic E-state index is 0.100. The van der Waals surface area contributed by atoms with Gasteiger partial charge >= 0.3 is 0 Å². The molecule has 0 aromatic heterocycles. The van der Waals surface area contributed by atoms with Crippen LogP contribution in [0.5, 0.6) is 0 Å². The standard InChI is InChI=1S/C14H25F2N/c1-2-17-13(6-5-11-3-4-11)12-7-9-14(15,16)10-8-12/h11-13,17H,2-10H2,1H3. The van der Waals surface area contributed by atoms with Crippen LogP contribution in [0.4, 0.5) is 8.78 Å². The minimum atomic E-state index is -2.39. The van der Waals surface area contributed by atoms with Crippen LogP contribution in [-0.4, -0.2) is 18.5 Å². The van der Waals surface area contributed by atoms with E-state index in [1.165, 1.54) is 25.7 Å². The molecule has 2 aliphatic carbocycles. The highest BCUT2D eigenvalue weighted by molar-refractivity contribution is 4.86. The van der Waals surface area contributed by atoms with Gasteiger partial charge in [0.15, 0.2) is 0 Å². The predicted molar refractivity (Wildman–Crippen MR) is 66.3 cm³/mol. The summed E-state index contributed by atoms with van der Waals surface area (Å²) in [5.41, 5.74) is 0.